The lowest BCUT2D eigenvalue weighted by Crippen LogP contribution is -2.21. The highest BCUT2D eigenvalue weighted by Crippen LogP contribution is 2.15. The SMILES string of the molecule is COC(=O)c1ccc(CC(C)(C)O)o1. The second-order valence-electron chi connectivity index (χ2n) is 3.75. The highest BCUT2D eigenvalue weighted by atomic mass is 16.5. The molecule has 0 aliphatic carbocycles. The molecule has 1 heterocycles. The second-order valence-corrected chi connectivity index (χ2v) is 3.75. The van der Waals surface area contributed by atoms with Crippen LogP contribution in [0.2, 0.25) is 0 Å². The number of ether oxygens (including phenoxy) is 1. The molecule has 0 aliphatic rings. The number of aliphatic hydroxyl groups is 1. The summed E-state index contributed by atoms with van der Waals surface area (Å²) < 4.78 is 9.66. The number of hydrogen-bond acceptors (Lipinski definition) is 4. The van der Waals surface area contributed by atoms with Crippen LogP contribution < -0.4 is 0 Å². The van der Waals surface area contributed by atoms with E-state index in [0.717, 1.165) is 0 Å². The fraction of sp³-hybridized carbons (Fsp3) is 0.500. The van der Waals surface area contributed by atoms with Crippen molar-refractivity contribution in [3.05, 3.63) is 23.7 Å². The van der Waals surface area contributed by atoms with E-state index in [9.17, 15) is 9.90 Å². The Hall–Kier alpha value is -1.29. The van der Waals surface area contributed by atoms with Crippen molar-refractivity contribution in [2.24, 2.45) is 0 Å². The van der Waals surface area contributed by atoms with Gasteiger partial charge < -0.3 is 14.3 Å². The van der Waals surface area contributed by atoms with Crippen LogP contribution in [0.4, 0.5) is 0 Å². The molecule has 14 heavy (non-hydrogen) atoms. The number of methoxy groups -OCH3 is 1. The molecule has 4 heteroatoms. The Kier molecular flexibility index (Phi) is 2.96. The maximum absolute atomic E-state index is 11.0. The van der Waals surface area contributed by atoms with E-state index in [-0.39, 0.29) is 5.76 Å². The van der Waals surface area contributed by atoms with Crippen molar-refractivity contribution in [1.29, 1.82) is 0 Å². The molecule has 0 aromatic carbocycles. The first kappa shape index (κ1) is 10.8. The second kappa shape index (κ2) is 3.84. The minimum Gasteiger partial charge on any atom is -0.463 e. The molecule has 1 N–H and O–H groups in total. The molecule has 0 bridgehead atoms. The normalized spacial score (nSPS) is 11.4. The van der Waals surface area contributed by atoms with Crippen LogP contribution in [0, 0.1) is 0 Å². The van der Waals surface area contributed by atoms with Crippen LogP contribution in [0.3, 0.4) is 0 Å². The molecule has 1 aromatic heterocycles. The highest BCUT2D eigenvalue weighted by Gasteiger charge is 2.18. The van der Waals surface area contributed by atoms with E-state index in [1.54, 1.807) is 19.9 Å². The topological polar surface area (TPSA) is 59.7 Å². The van der Waals surface area contributed by atoms with Crippen LogP contribution in [-0.4, -0.2) is 23.8 Å². The van der Waals surface area contributed by atoms with E-state index >= 15 is 0 Å². The summed E-state index contributed by atoms with van der Waals surface area (Å²) in [4.78, 5) is 11.0. The molecule has 0 atom stereocenters. The minimum absolute atomic E-state index is 0.159. The average Bonchev–Trinajstić information content (AvgIpc) is 2.48. The van der Waals surface area contributed by atoms with Crippen molar-refractivity contribution in [1.82, 2.24) is 0 Å². The van der Waals surface area contributed by atoms with E-state index in [1.807, 2.05) is 0 Å². The monoisotopic (exact) mass is 198 g/mol. The number of furan rings is 1. The number of carbonyl (C=O) groups excluding carboxylic acids is 1. The van der Waals surface area contributed by atoms with Gasteiger partial charge in [0, 0.05) is 6.42 Å². The Morgan fingerprint density at radius 3 is 2.71 bits per heavy atom. The summed E-state index contributed by atoms with van der Waals surface area (Å²) >= 11 is 0. The maximum Gasteiger partial charge on any atom is 0.373 e. The molecule has 0 saturated heterocycles. The van der Waals surface area contributed by atoms with Gasteiger partial charge in [0.1, 0.15) is 5.76 Å². The molecule has 0 unspecified atom stereocenters. The van der Waals surface area contributed by atoms with Gasteiger partial charge in [-0.3, -0.25) is 0 Å². The molecule has 0 saturated carbocycles. The van der Waals surface area contributed by atoms with Crippen LogP contribution in [0.5, 0.6) is 0 Å². The predicted molar refractivity (Wildman–Crippen MR) is 50.0 cm³/mol. The Bertz CT molecular complexity index is 319. The largest absolute Gasteiger partial charge is 0.463 e. The van der Waals surface area contributed by atoms with Crippen LogP contribution >= 0.6 is 0 Å². The van der Waals surface area contributed by atoms with E-state index in [4.69, 9.17) is 4.42 Å². The van der Waals surface area contributed by atoms with Gasteiger partial charge in [0.05, 0.1) is 12.7 Å². The predicted octanol–water partition coefficient (Wildman–Crippen LogP) is 1.38. The van der Waals surface area contributed by atoms with Crippen molar-refractivity contribution in [2.75, 3.05) is 7.11 Å². The quantitative estimate of drug-likeness (QED) is 0.745. The average molecular weight is 198 g/mol. The first-order valence-electron chi connectivity index (χ1n) is 4.32. The van der Waals surface area contributed by atoms with Gasteiger partial charge in [-0.25, -0.2) is 4.79 Å². The molecule has 0 aliphatic heterocycles. The summed E-state index contributed by atoms with van der Waals surface area (Å²) in [6.45, 7) is 3.35. The summed E-state index contributed by atoms with van der Waals surface area (Å²) in [5.41, 5.74) is -0.842. The lowest BCUT2D eigenvalue weighted by molar-refractivity contribution is 0.0546. The van der Waals surface area contributed by atoms with Crippen molar-refractivity contribution < 1.29 is 19.1 Å². The number of carbonyl (C=O) groups is 1. The lowest BCUT2D eigenvalue weighted by atomic mass is 10.0. The fourth-order valence-electron chi connectivity index (χ4n) is 1.11. The number of hydrogen-bond donors (Lipinski definition) is 1. The summed E-state index contributed by atoms with van der Waals surface area (Å²) in [5, 5.41) is 9.50. The summed E-state index contributed by atoms with van der Waals surface area (Å²) in [6, 6.07) is 3.19. The molecular weight excluding hydrogens is 184 g/mol. The third-order valence-corrected chi connectivity index (χ3v) is 1.66. The van der Waals surface area contributed by atoms with Gasteiger partial charge in [0.15, 0.2) is 0 Å². The van der Waals surface area contributed by atoms with E-state index in [0.29, 0.717) is 12.2 Å². The molecule has 4 nitrogen and oxygen atoms in total. The van der Waals surface area contributed by atoms with Gasteiger partial charge >= 0.3 is 5.97 Å². The summed E-state index contributed by atoms with van der Waals surface area (Å²) in [7, 11) is 1.29. The summed E-state index contributed by atoms with van der Waals surface area (Å²) in [5.74, 6) is 0.219. The Balaban J connectivity index is 2.74. The molecule has 1 rings (SSSR count). The third kappa shape index (κ3) is 2.88. The van der Waals surface area contributed by atoms with Crippen molar-refractivity contribution in [3.8, 4) is 0 Å². The van der Waals surface area contributed by atoms with Gasteiger partial charge in [0.25, 0.3) is 0 Å². The zero-order chi connectivity index (χ0) is 10.8. The molecule has 0 spiro atoms. The molecule has 1 aromatic rings. The highest BCUT2D eigenvalue weighted by molar-refractivity contribution is 5.86. The number of rotatable bonds is 3. The maximum atomic E-state index is 11.0. The summed E-state index contributed by atoms with van der Waals surface area (Å²) in [6.07, 6.45) is 0.365. The fourth-order valence-corrected chi connectivity index (χ4v) is 1.11. The van der Waals surface area contributed by atoms with Gasteiger partial charge in [0.2, 0.25) is 5.76 Å². The Morgan fingerprint density at radius 2 is 2.21 bits per heavy atom. The van der Waals surface area contributed by atoms with Crippen LogP contribution in [0.15, 0.2) is 16.5 Å². The van der Waals surface area contributed by atoms with Gasteiger partial charge in [-0.15, -0.1) is 0 Å². The minimum atomic E-state index is -0.842. The van der Waals surface area contributed by atoms with E-state index in [1.165, 1.54) is 13.2 Å². The molecule has 0 radical (unpaired) electrons. The first-order chi connectivity index (χ1) is 6.42. The third-order valence-electron chi connectivity index (χ3n) is 1.66. The molecule has 0 amide bonds. The van der Waals surface area contributed by atoms with Crippen molar-refractivity contribution in [3.63, 3.8) is 0 Å². The standard InChI is InChI=1S/C10H14O4/c1-10(2,12)6-7-4-5-8(14-7)9(11)13-3/h4-5,12H,6H2,1-3H3. The van der Waals surface area contributed by atoms with Gasteiger partial charge in [-0.1, -0.05) is 0 Å². The van der Waals surface area contributed by atoms with Gasteiger partial charge in [-0.2, -0.15) is 0 Å². The van der Waals surface area contributed by atoms with E-state index < -0.39 is 11.6 Å². The smallest absolute Gasteiger partial charge is 0.373 e. The van der Waals surface area contributed by atoms with E-state index in [2.05, 4.69) is 4.74 Å². The Labute approximate surface area is 82.5 Å². The van der Waals surface area contributed by atoms with Gasteiger partial charge in [-0.05, 0) is 26.0 Å². The zero-order valence-corrected chi connectivity index (χ0v) is 8.53. The van der Waals surface area contributed by atoms with Crippen molar-refractivity contribution >= 4 is 5.97 Å². The molecule has 0 fully saturated rings. The van der Waals surface area contributed by atoms with Crippen LogP contribution in [-0.2, 0) is 11.2 Å². The lowest BCUT2D eigenvalue weighted by Gasteiger charge is -2.14. The van der Waals surface area contributed by atoms with Crippen LogP contribution in [0.1, 0.15) is 30.2 Å². The molecule has 78 valence electrons. The Morgan fingerprint density at radius 1 is 1.57 bits per heavy atom. The number of esters is 1. The zero-order valence-electron chi connectivity index (χ0n) is 8.53. The van der Waals surface area contributed by atoms with Crippen molar-refractivity contribution in [2.45, 2.75) is 25.9 Å². The first-order valence-corrected chi connectivity index (χ1v) is 4.32. The van der Waals surface area contributed by atoms with Crippen LogP contribution in [0.25, 0.3) is 0 Å². The molecular formula is C10H14O4.